The highest BCUT2D eigenvalue weighted by molar-refractivity contribution is 7.80. The lowest BCUT2D eigenvalue weighted by molar-refractivity contribution is 0.860. The van der Waals surface area contributed by atoms with Gasteiger partial charge in [0.2, 0.25) is 0 Å². The zero-order valence-electron chi connectivity index (χ0n) is 10.9. The second-order valence-corrected chi connectivity index (χ2v) is 4.86. The van der Waals surface area contributed by atoms with Gasteiger partial charge in [0.15, 0.2) is 0 Å². The Hall–Kier alpha value is -1.94. The fraction of sp³-hybridized carbons (Fsp3) is 0.200. The highest BCUT2D eigenvalue weighted by Crippen LogP contribution is 2.12. The van der Waals surface area contributed by atoms with Crippen LogP contribution in [0, 0.1) is 0 Å². The van der Waals surface area contributed by atoms with E-state index in [1.54, 1.807) is 6.20 Å². The summed E-state index contributed by atoms with van der Waals surface area (Å²) in [6, 6.07) is 14.2. The SMILES string of the molecule is CN(CCc1ccccc1)c1cc(C(N)=S)ccn1. The molecule has 0 bridgehead atoms. The van der Waals surface area contributed by atoms with Crippen LogP contribution >= 0.6 is 12.2 Å². The third-order valence-electron chi connectivity index (χ3n) is 3.00. The van der Waals surface area contributed by atoms with Crippen LogP contribution in [0.3, 0.4) is 0 Å². The number of hydrogen-bond donors (Lipinski definition) is 1. The molecular formula is C15H17N3S. The molecule has 2 aromatic rings. The first-order chi connectivity index (χ1) is 9.16. The first-order valence-corrected chi connectivity index (χ1v) is 6.58. The minimum absolute atomic E-state index is 0.403. The van der Waals surface area contributed by atoms with E-state index in [9.17, 15) is 0 Å². The molecule has 0 aliphatic heterocycles. The maximum absolute atomic E-state index is 5.63. The Morgan fingerprint density at radius 1 is 1.26 bits per heavy atom. The molecule has 0 saturated heterocycles. The van der Waals surface area contributed by atoms with Crippen LogP contribution in [0.15, 0.2) is 48.7 Å². The molecule has 98 valence electrons. The Balaban J connectivity index is 2.02. The van der Waals surface area contributed by atoms with Crippen molar-refractivity contribution in [2.45, 2.75) is 6.42 Å². The number of hydrogen-bond acceptors (Lipinski definition) is 3. The van der Waals surface area contributed by atoms with Crippen LogP contribution in [-0.2, 0) is 6.42 Å². The quantitative estimate of drug-likeness (QED) is 0.848. The van der Waals surface area contributed by atoms with Crippen LogP contribution in [0.4, 0.5) is 5.82 Å². The summed E-state index contributed by atoms with van der Waals surface area (Å²) < 4.78 is 0. The van der Waals surface area contributed by atoms with E-state index in [4.69, 9.17) is 18.0 Å². The number of rotatable bonds is 5. The maximum atomic E-state index is 5.63. The molecule has 0 fully saturated rings. The van der Waals surface area contributed by atoms with Crippen LogP contribution < -0.4 is 10.6 Å². The number of thiocarbonyl (C=S) groups is 1. The first kappa shape index (κ1) is 13.5. The van der Waals surface area contributed by atoms with E-state index >= 15 is 0 Å². The molecule has 0 spiro atoms. The van der Waals surface area contributed by atoms with Crippen molar-refractivity contribution in [2.75, 3.05) is 18.5 Å². The van der Waals surface area contributed by atoms with Crippen molar-refractivity contribution in [1.29, 1.82) is 0 Å². The summed E-state index contributed by atoms with van der Waals surface area (Å²) in [5.41, 5.74) is 7.81. The largest absolute Gasteiger partial charge is 0.389 e. The number of nitrogens with zero attached hydrogens (tertiary/aromatic N) is 2. The van der Waals surface area contributed by atoms with E-state index in [1.807, 2.05) is 25.2 Å². The van der Waals surface area contributed by atoms with Crippen LogP contribution in [0.2, 0.25) is 0 Å². The lowest BCUT2D eigenvalue weighted by Crippen LogP contribution is -2.22. The summed E-state index contributed by atoms with van der Waals surface area (Å²) in [6.07, 6.45) is 2.72. The van der Waals surface area contributed by atoms with Crippen molar-refractivity contribution in [3.05, 3.63) is 59.8 Å². The maximum Gasteiger partial charge on any atom is 0.128 e. The Labute approximate surface area is 119 Å². The fourth-order valence-electron chi connectivity index (χ4n) is 1.84. The minimum atomic E-state index is 0.403. The van der Waals surface area contributed by atoms with Crippen LogP contribution in [0.1, 0.15) is 11.1 Å². The number of aromatic nitrogens is 1. The van der Waals surface area contributed by atoms with Crippen LogP contribution in [0.5, 0.6) is 0 Å². The standard InChI is InChI=1S/C15H17N3S/c1-18(10-8-12-5-3-2-4-6-12)14-11-13(15(16)19)7-9-17-14/h2-7,9,11H,8,10H2,1H3,(H2,16,19). The van der Waals surface area contributed by atoms with Crippen LogP contribution in [0.25, 0.3) is 0 Å². The summed E-state index contributed by atoms with van der Waals surface area (Å²) >= 11 is 4.98. The summed E-state index contributed by atoms with van der Waals surface area (Å²) in [5.74, 6) is 0.890. The number of pyridine rings is 1. The van der Waals surface area contributed by atoms with Gasteiger partial charge in [-0.15, -0.1) is 0 Å². The molecule has 0 radical (unpaired) electrons. The van der Waals surface area contributed by atoms with Gasteiger partial charge in [0.1, 0.15) is 10.8 Å². The Morgan fingerprint density at radius 2 is 2.00 bits per heavy atom. The molecule has 19 heavy (non-hydrogen) atoms. The highest BCUT2D eigenvalue weighted by Gasteiger charge is 2.05. The zero-order valence-corrected chi connectivity index (χ0v) is 11.7. The molecule has 3 nitrogen and oxygen atoms in total. The average molecular weight is 271 g/mol. The molecule has 0 atom stereocenters. The van der Waals surface area contributed by atoms with E-state index in [-0.39, 0.29) is 0 Å². The summed E-state index contributed by atoms with van der Waals surface area (Å²) in [5, 5.41) is 0. The Morgan fingerprint density at radius 3 is 2.68 bits per heavy atom. The third kappa shape index (κ3) is 3.76. The molecule has 4 heteroatoms. The van der Waals surface area contributed by atoms with Gasteiger partial charge in [-0.05, 0) is 24.1 Å². The molecule has 1 aromatic heterocycles. The lowest BCUT2D eigenvalue weighted by Gasteiger charge is -2.18. The average Bonchev–Trinajstić information content (AvgIpc) is 2.46. The zero-order chi connectivity index (χ0) is 13.7. The van der Waals surface area contributed by atoms with E-state index in [0.717, 1.165) is 24.3 Å². The lowest BCUT2D eigenvalue weighted by atomic mass is 10.1. The van der Waals surface area contributed by atoms with Gasteiger partial charge in [-0.2, -0.15) is 0 Å². The van der Waals surface area contributed by atoms with Gasteiger partial charge < -0.3 is 10.6 Å². The van der Waals surface area contributed by atoms with Crippen molar-refractivity contribution in [3.8, 4) is 0 Å². The number of likely N-dealkylation sites (N-methyl/N-ethyl adjacent to an activating group) is 1. The molecule has 0 aliphatic rings. The fourth-order valence-corrected chi connectivity index (χ4v) is 1.96. The van der Waals surface area contributed by atoms with Crippen LogP contribution in [-0.4, -0.2) is 23.6 Å². The number of nitrogens with two attached hydrogens (primary N) is 1. The highest BCUT2D eigenvalue weighted by atomic mass is 32.1. The van der Waals surface area contributed by atoms with Gasteiger partial charge in [-0.25, -0.2) is 4.98 Å². The van der Waals surface area contributed by atoms with E-state index in [2.05, 4.69) is 34.1 Å². The van der Waals surface area contributed by atoms with Gasteiger partial charge in [0.25, 0.3) is 0 Å². The van der Waals surface area contributed by atoms with Crippen molar-refractivity contribution in [2.24, 2.45) is 5.73 Å². The molecule has 2 rings (SSSR count). The third-order valence-corrected chi connectivity index (χ3v) is 3.24. The van der Waals surface area contributed by atoms with Gasteiger partial charge in [-0.3, -0.25) is 0 Å². The second-order valence-electron chi connectivity index (χ2n) is 4.42. The molecule has 1 heterocycles. The molecule has 2 N–H and O–H groups in total. The van der Waals surface area contributed by atoms with Gasteiger partial charge >= 0.3 is 0 Å². The smallest absolute Gasteiger partial charge is 0.128 e. The molecule has 0 aliphatic carbocycles. The summed E-state index contributed by atoms with van der Waals surface area (Å²) in [4.78, 5) is 6.85. The second kappa shape index (κ2) is 6.29. The summed E-state index contributed by atoms with van der Waals surface area (Å²) in [7, 11) is 2.02. The van der Waals surface area contributed by atoms with E-state index in [0.29, 0.717) is 4.99 Å². The molecule has 1 aromatic carbocycles. The molecule has 0 amide bonds. The van der Waals surface area contributed by atoms with E-state index < -0.39 is 0 Å². The van der Waals surface area contributed by atoms with Crippen molar-refractivity contribution < 1.29 is 0 Å². The normalized spacial score (nSPS) is 10.2. The monoisotopic (exact) mass is 271 g/mol. The predicted molar refractivity (Wildman–Crippen MR) is 83.5 cm³/mol. The van der Waals surface area contributed by atoms with Crippen molar-refractivity contribution in [3.63, 3.8) is 0 Å². The Kier molecular flexibility index (Phi) is 4.47. The van der Waals surface area contributed by atoms with Gasteiger partial charge in [0, 0.05) is 25.4 Å². The minimum Gasteiger partial charge on any atom is -0.389 e. The molecule has 0 unspecified atom stereocenters. The molecule has 0 saturated carbocycles. The first-order valence-electron chi connectivity index (χ1n) is 6.18. The Bertz CT molecular complexity index is 554. The summed E-state index contributed by atoms with van der Waals surface area (Å²) in [6.45, 7) is 0.901. The van der Waals surface area contributed by atoms with Gasteiger partial charge in [-0.1, -0.05) is 42.5 Å². The molecular weight excluding hydrogens is 254 g/mol. The van der Waals surface area contributed by atoms with E-state index in [1.165, 1.54) is 5.56 Å². The number of anilines is 1. The topological polar surface area (TPSA) is 42.1 Å². The van der Waals surface area contributed by atoms with Gasteiger partial charge in [0.05, 0.1) is 0 Å². The predicted octanol–water partition coefficient (Wildman–Crippen LogP) is 2.39. The number of benzene rings is 1. The van der Waals surface area contributed by atoms with Crippen molar-refractivity contribution >= 4 is 23.0 Å². The van der Waals surface area contributed by atoms with Crippen molar-refractivity contribution in [1.82, 2.24) is 4.98 Å².